The van der Waals surface area contributed by atoms with Gasteiger partial charge in [-0.25, -0.2) is 4.79 Å². The van der Waals surface area contributed by atoms with E-state index in [4.69, 9.17) is 10.5 Å². The molecule has 7 nitrogen and oxygen atoms in total. The highest BCUT2D eigenvalue weighted by Crippen LogP contribution is 2.54. The molecule has 1 aliphatic heterocycles. The highest BCUT2D eigenvalue weighted by molar-refractivity contribution is 5.89. The number of methoxy groups -OCH3 is 1. The Morgan fingerprint density at radius 3 is 2.47 bits per heavy atom. The summed E-state index contributed by atoms with van der Waals surface area (Å²) in [6.07, 6.45) is 2.96. The average Bonchev–Trinajstić information content (AvgIpc) is 2.78. The van der Waals surface area contributed by atoms with Crippen molar-refractivity contribution in [2.45, 2.75) is 19.3 Å². The summed E-state index contributed by atoms with van der Waals surface area (Å²) >= 11 is 0. The fourth-order valence-electron chi connectivity index (χ4n) is 4.56. The van der Waals surface area contributed by atoms with Crippen LogP contribution in [0.25, 0.3) is 0 Å². The molecule has 0 saturated heterocycles. The molecule has 30 heavy (non-hydrogen) atoms. The molecule has 7 heteroatoms. The zero-order valence-electron chi connectivity index (χ0n) is 17.1. The maximum atomic E-state index is 11.8. The fourth-order valence-corrected chi connectivity index (χ4v) is 4.56. The Bertz CT molecular complexity index is 1020. The number of hydrogen-bond acceptors (Lipinski definition) is 7. The minimum atomic E-state index is -1.67. The van der Waals surface area contributed by atoms with Gasteiger partial charge in [-0.05, 0) is 36.2 Å². The third kappa shape index (κ3) is 3.22. The van der Waals surface area contributed by atoms with E-state index in [9.17, 15) is 20.6 Å². The van der Waals surface area contributed by atoms with Gasteiger partial charge in [0, 0.05) is 24.9 Å². The normalized spacial score (nSPS) is 22.7. The van der Waals surface area contributed by atoms with Crippen molar-refractivity contribution in [3.05, 3.63) is 58.3 Å². The van der Waals surface area contributed by atoms with Crippen LogP contribution in [-0.2, 0) is 4.74 Å². The zero-order chi connectivity index (χ0) is 21.9. The molecule has 0 saturated carbocycles. The molecule has 3 rings (SSSR count). The van der Waals surface area contributed by atoms with Gasteiger partial charge in [-0.2, -0.15) is 15.8 Å². The van der Waals surface area contributed by atoms with E-state index in [0.29, 0.717) is 18.7 Å². The molecule has 0 fully saturated rings. The van der Waals surface area contributed by atoms with E-state index < -0.39 is 17.3 Å². The molecular formula is C23H23N5O2. The monoisotopic (exact) mass is 401 g/mol. The van der Waals surface area contributed by atoms with Crippen molar-refractivity contribution in [3.8, 4) is 18.2 Å². The predicted molar refractivity (Wildman–Crippen MR) is 109 cm³/mol. The van der Waals surface area contributed by atoms with E-state index in [1.165, 1.54) is 7.11 Å². The third-order valence-corrected chi connectivity index (χ3v) is 5.97. The van der Waals surface area contributed by atoms with Gasteiger partial charge in [0.1, 0.15) is 6.07 Å². The Morgan fingerprint density at radius 2 is 1.93 bits per heavy atom. The molecule has 0 spiro atoms. The summed E-state index contributed by atoms with van der Waals surface area (Å²) in [5.41, 5.74) is 6.77. The van der Waals surface area contributed by atoms with E-state index >= 15 is 0 Å². The van der Waals surface area contributed by atoms with Gasteiger partial charge in [-0.1, -0.05) is 25.1 Å². The molecule has 2 unspecified atom stereocenters. The first-order valence-electron chi connectivity index (χ1n) is 9.81. The van der Waals surface area contributed by atoms with E-state index in [1.54, 1.807) is 24.3 Å². The van der Waals surface area contributed by atoms with Crippen LogP contribution in [0.5, 0.6) is 0 Å². The van der Waals surface area contributed by atoms with Gasteiger partial charge in [0.2, 0.25) is 0 Å². The van der Waals surface area contributed by atoms with E-state index in [1.807, 2.05) is 6.08 Å². The Kier molecular flexibility index (Phi) is 5.92. The molecule has 2 atom stereocenters. The smallest absolute Gasteiger partial charge is 0.337 e. The molecule has 152 valence electrons. The minimum absolute atomic E-state index is 0.00323. The molecule has 1 heterocycles. The predicted octanol–water partition coefficient (Wildman–Crippen LogP) is 2.61. The van der Waals surface area contributed by atoms with Gasteiger partial charge in [0.05, 0.1) is 36.1 Å². The van der Waals surface area contributed by atoms with Crippen LogP contribution in [0.2, 0.25) is 0 Å². The lowest BCUT2D eigenvalue weighted by molar-refractivity contribution is 0.0600. The number of nitrogens with zero attached hydrogens (tertiary/aromatic N) is 4. The average molecular weight is 401 g/mol. The number of benzene rings is 1. The van der Waals surface area contributed by atoms with Crippen LogP contribution in [0.3, 0.4) is 0 Å². The summed E-state index contributed by atoms with van der Waals surface area (Å²) in [7, 11) is 1.31. The quantitative estimate of drug-likeness (QED) is 0.768. The Morgan fingerprint density at radius 1 is 1.27 bits per heavy atom. The highest BCUT2D eigenvalue weighted by Gasteiger charge is 2.54. The summed E-state index contributed by atoms with van der Waals surface area (Å²) in [6.45, 7) is 4.28. The van der Waals surface area contributed by atoms with Crippen LogP contribution in [-0.4, -0.2) is 37.6 Å². The molecule has 2 aliphatic rings. The standard InChI is InChI=1S/C23H23N5O2/c1-3-9-28-10-8-17-18(11-24)21(27)23(13-25,14-26)20(19(17)12-28)15-4-6-16(7-5-15)22(29)30-2/h4-8,19-20H,3,9-10,12,27H2,1-2H3. The van der Waals surface area contributed by atoms with Crippen molar-refractivity contribution in [2.75, 3.05) is 26.7 Å². The van der Waals surface area contributed by atoms with Crippen LogP contribution in [0.15, 0.2) is 47.2 Å². The van der Waals surface area contributed by atoms with Crippen molar-refractivity contribution < 1.29 is 9.53 Å². The first kappa shape index (κ1) is 21.1. The lowest BCUT2D eigenvalue weighted by atomic mass is 9.58. The topological polar surface area (TPSA) is 127 Å². The Balaban J connectivity index is 2.21. The first-order valence-corrected chi connectivity index (χ1v) is 9.81. The number of nitrogens with two attached hydrogens (primary N) is 1. The molecule has 0 aromatic heterocycles. The SMILES string of the molecule is CCCN1CC=C2C(C#N)=C(N)C(C#N)(C#N)C(c3ccc(C(=O)OC)cc3)C2C1. The van der Waals surface area contributed by atoms with Crippen LogP contribution < -0.4 is 5.73 Å². The summed E-state index contributed by atoms with van der Waals surface area (Å²) < 4.78 is 4.75. The second-order valence-electron chi connectivity index (χ2n) is 7.55. The zero-order valence-corrected chi connectivity index (χ0v) is 17.1. The number of ether oxygens (including phenoxy) is 1. The number of rotatable bonds is 4. The van der Waals surface area contributed by atoms with Crippen molar-refractivity contribution in [3.63, 3.8) is 0 Å². The van der Waals surface area contributed by atoms with Gasteiger partial charge in [-0.15, -0.1) is 0 Å². The van der Waals surface area contributed by atoms with Crippen molar-refractivity contribution in [1.29, 1.82) is 15.8 Å². The van der Waals surface area contributed by atoms with Crippen LogP contribution >= 0.6 is 0 Å². The van der Waals surface area contributed by atoms with Crippen LogP contribution in [0.1, 0.15) is 35.2 Å². The van der Waals surface area contributed by atoms with Gasteiger partial charge < -0.3 is 10.5 Å². The molecule has 0 bridgehead atoms. The summed E-state index contributed by atoms with van der Waals surface area (Å²) in [6, 6.07) is 13.1. The number of fused-ring (bicyclic) bond motifs is 1. The number of allylic oxidation sites excluding steroid dienone is 2. The minimum Gasteiger partial charge on any atom is -0.465 e. The van der Waals surface area contributed by atoms with Crippen molar-refractivity contribution >= 4 is 5.97 Å². The van der Waals surface area contributed by atoms with E-state index in [-0.39, 0.29) is 17.2 Å². The molecular weight excluding hydrogens is 378 g/mol. The lowest BCUT2D eigenvalue weighted by Crippen LogP contribution is -2.48. The van der Waals surface area contributed by atoms with Crippen molar-refractivity contribution in [1.82, 2.24) is 4.90 Å². The summed E-state index contributed by atoms with van der Waals surface area (Å²) in [5.74, 6) is -1.27. The van der Waals surface area contributed by atoms with Gasteiger partial charge in [-0.3, -0.25) is 4.90 Å². The van der Waals surface area contributed by atoms with Gasteiger partial charge in [0.25, 0.3) is 0 Å². The highest BCUT2D eigenvalue weighted by atomic mass is 16.5. The molecule has 0 radical (unpaired) electrons. The number of hydrogen-bond donors (Lipinski definition) is 1. The Labute approximate surface area is 176 Å². The second kappa shape index (κ2) is 8.41. The number of nitriles is 3. The van der Waals surface area contributed by atoms with E-state index in [0.717, 1.165) is 24.1 Å². The van der Waals surface area contributed by atoms with E-state index in [2.05, 4.69) is 30.0 Å². The first-order chi connectivity index (χ1) is 14.5. The molecule has 0 amide bonds. The second-order valence-corrected chi connectivity index (χ2v) is 7.55. The number of carbonyl (C=O) groups excluding carboxylic acids is 1. The molecule has 2 N–H and O–H groups in total. The van der Waals surface area contributed by atoms with Crippen LogP contribution in [0, 0.1) is 45.3 Å². The largest absolute Gasteiger partial charge is 0.465 e. The van der Waals surface area contributed by atoms with Gasteiger partial charge >= 0.3 is 5.97 Å². The fraction of sp³-hybridized carbons (Fsp3) is 0.391. The van der Waals surface area contributed by atoms with Crippen molar-refractivity contribution in [2.24, 2.45) is 17.1 Å². The summed E-state index contributed by atoms with van der Waals surface area (Å²) in [4.78, 5) is 14.1. The van der Waals surface area contributed by atoms with Gasteiger partial charge in [0.15, 0.2) is 5.41 Å². The molecule has 1 aromatic rings. The van der Waals surface area contributed by atoms with Crippen LogP contribution in [0.4, 0.5) is 0 Å². The maximum absolute atomic E-state index is 11.8. The lowest BCUT2D eigenvalue weighted by Gasteiger charge is -2.45. The molecule has 1 aromatic carbocycles. The molecule has 1 aliphatic carbocycles. The number of carbonyl (C=O) groups is 1. The summed E-state index contributed by atoms with van der Waals surface area (Å²) in [5, 5.41) is 30.0. The number of esters is 1. The maximum Gasteiger partial charge on any atom is 0.337 e. The third-order valence-electron chi connectivity index (χ3n) is 5.97. The Hall–Kier alpha value is -3.60.